The van der Waals surface area contributed by atoms with Crippen LogP contribution in [0.4, 0.5) is 0 Å². The number of nitrogens with one attached hydrogen (secondary N) is 1. The van der Waals surface area contributed by atoms with Gasteiger partial charge in [0, 0.05) is 19.3 Å². The monoisotopic (exact) mass is 315 g/mol. The normalized spacial score (nSPS) is 12.2. The molecule has 0 spiro atoms. The van der Waals surface area contributed by atoms with Gasteiger partial charge < -0.3 is 14.8 Å². The molecule has 6 heteroatoms. The molecule has 0 fully saturated rings. The molecule has 120 valence electrons. The second-order valence-corrected chi connectivity index (χ2v) is 8.20. The second kappa shape index (κ2) is 7.13. The van der Waals surface area contributed by atoms with Crippen LogP contribution in [0, 0.1) is 0 Å². The highest BCUT2D eigenvalue weighted by atomic mass is 32.2. The number of hydrogen-bond donors (Lipinski definition) is 1. The van der Waals surface area contributed by atoms with Gasteiger partial charge in [-0.2, -0.15) is 0 Å². The van der Waals surface area contributed by atoms with Gasteiger partial charge in [-0.25, -0.2) is 8.42 Å². The van der Waals surface area contributed by atoms with Crippen molar-refractivity contribution >= 4 is 9.84 Å². The SMILES string of the molecule is CCOc1ccc(CNCC(C)(C)S(C)(=O)=O)cc1OC. The van der Waals surface area contributed by atoms with Crippen molar-refractivity contribution in [2.75, 3.05) is 26.5 Å². The molecule has 0 saturated heterocycles. The molecule has 0 aliphatic carbocycles. The zero-order valence-corrected chi connectivity index (χ0v) is 14.2. The van der Waals surface area contributed by atoms with Crippen LogP contribution >= 0.6 is 0 Å². The number of methoxy groups -OCH3 is 1. The van der Waals surface area contributed by atoms with E-state index in [-0.39, 0.29) is 0 Å². The first-order chi connectivity index (χ1) is 9.71. The van der Waals surface area contributed by atoms with E-state index in [0.717, 1.165) is 5.56 Å². The van der Waals surface area contributed by atoms with Crippen molar-refractivity contribution in [1.82, 2.24) is 5.32 Å². The Hall–Kier alpha value is -1.27. The average Bonchev–Trinajstić information content (AvgIpc) is 2.39. The Morgan fingerprint density at radius 3 is 2.43 bits per heavy atom. The fourth-order valence-corrected chi connectivity index (χ4v) is 2.10. The van der Waals surface area contributed by atoms with Crippen LogP contribution in [0.5, 0.6) is 11.5 Å². The van der Waals surface area contributed by atoms with Gasteiger partial charge in [0.2, 0.25) is 0 Å². The van der Waals surface area contributed by atoms with E-state index in [4.69, 9.17) is 9.47 Å². The lowest BCUT2D eigenvalue weighted by Gasteiger charge is -2.23. The predicted octanol–water partition coefficient (Wildman–Crippen LogP) is 2.01. The highest BCUT2D eigenvalue weighted by Gasteiger charge is 2.29. The van der Waals surface area contributed by atoms with Crippen LogP contribution in [-0.2, 0) is 16.4 Å². The molecule has 0 unspecified atom stereocenters. The molecular formula is C15H25NO4S. The lowest BCUT2D eigenvalue weighted by Crippen LogP contribution is -2.41. The molecule has 0 aromatic heterocycles. The predicted molar refractivity (Wildman–Crippen MR) is 84.8 cm³/mol. The smallest absolute Gasteiger partial charge is 0.161 e. The van der Waals surface area contributed by atoms with Crippen molar-refractivity contribution in [3.8, 4) is 11.5 Å². The summed E-state index contributed by atoms with van der Waals surface area (Å²) in [6, 6.07) is 5.69. The summed E-state index contributed by atoms with van der Waals surface area (Å²) in [6.45, 7) is 6.89. The van der Waals surface area contributed by atoms with Gasteiger partial charge in [-0.3, -0.25) is 0 Å². The largest absolute Gasteiger partial charge is 0.493 e. The van der Waals surface area contributed by atoms with E-state index >= 15 is 0 Å². The molecule has 1 aromatic rings. The van der Waals surface area contributed by atoms with E-state index in [1.165, 1.54) is 6.26 Å². The van der Waals surface area contributed by atoms with Crippen molar-refractivity contribution in [2.24, 2.45) is 0 Å². The molecule has 0 aliphatic heterocycles. The van der Waals surface area contributed by atoms with E-state index < -0.39 is 14.6 Å². The third kappa shape index (κ3) is 4.89. The van der Waals surface area contributed by atoms with E-state index in [0.29, 0.717) is 31.2 Å². The fourth-order valence-electron chi connectivity index (χ4n) is 1.74. The van der Waals surface area contributed by atoms with Gasteiger partial charge in [0.15, 0.2) is 21.3 Å². The van der Waals surface area contributed by atoms with Crippen LogP contribution in [-0.4, -0.2) is 39.7 Å². The number of rotatable bonds is 8. The van der Waals surface area contributed by atoms with Crippen LogP contribution in [0.15, 0.2) is 18.2 Å². The first kappa shape index (κ1) is 17.8. The molecule has 0 heterocycles. The van der Waals surface area contributed by atoms with Gasteiger partial charge in [0.05, 0.1) is 18.5 Å². The Balaban J connectivity index is 2.69. The van der Waals surface area contributed by atoms with Crippen LogP contribution < -0.4 is 14.8 Å². The summed E-state index contributed by atoms with van der Waals surface area (Å²) in [5.74, 6) is 1.39. The Bertz CT molecular complexity index is 567. The van der Waals surface area contributed by atoms with Gasteiger partial charge in [-0.05, 0) is 38.5 Å². The average molecular weight is 315 g/mol. The minimum atomic E-state index is -3.09. The minimum Gasteiger partial charge on any atom is -0.493 e. The molecule has 0 atom stereocenters. The zero-order chi connectivity index (χ0) is 16.1. The summed E-state index contributed by atoms with van der Waals surface area (Å²) in [5, 5.41) is 3.18. The molecule has 0 amide bonds. The number of ether oxygens (including phenoxy) is 2. The van der Waals surface area contributed by atoms with Gasteiger partial charge in [-0.15, -0.1) is 0 Å². The van der Waals surface area contributed by atoms with E-state index in [1.807, 2.05) is 25.1 Å². The molecular weight excluding hydrogens is 290 g/mol. The van der Waals surface area contributed by atoms with E-state index in [2.05, 4.69) is 5.32 Å². The number of sulfone groups is 1. The van der Waals surface area contributed by atoms with Gasteiger partial charge in [0.25, 0.3) is 0 Å². The lowest BCUT2D eigenvalue weighted by molar-refractivity contribution is 0.310. The van der Waals surface area contributed by atoms with Crippen LogP contribution in [0.3, 0.4) is 0 Å². The molecule has 5 nitrogen and oxygen atoms in total. The molecule has 1 rings (SSSR count). The van der Waals surface area contributed by atoms with Crippen molar-refractivity contribution in [1.29, 1.82) is 0 Å². The van der Waals surface area contributed by atoms with Crippen molar-refractivity contribution in [3.05, 3.63) is 23.8 Å². The maximum absolute atomic E-state index is 11.6. The van der Waals surface area contributed by atoms with Crippen molar-refractivity contribution in [2.45, 2.75) is 32.1 Å². The third-order valence-electron chi connectivity index (χ3n) is 3.41. The summed E-state index contributed by atoms with van der Waals surface area (Å²) in [4.78, 5) is 0. The third-order valence-corrected chi connectivity index (χ3v) is 5.56. The van der Waals surface area contributed by atoms with Crippen molar-refractivity contribution < 1.29 is 17.9 Å². The quantitative estimate of drug-likeness (QED) is 0.795. The molecule has 21 heavy (non-hydrogen) atoms. The maximum atomic E-state index is 11.6. The number of hydrogen-bond acceptors (Lipinski definition) is 5. The van der Waals surface area contributed by atoms with Gasteiger partial charge in [-0.1, -0.05) is 6.07 Å². The van der Waals surface area contributed by atoms with Gasteiger partial charge in [0.1, 0.15) is 0 Å². The Kier molecular flexibility index (Phi) is 6.04. The molecule has 0 radical (unpaired) electrons. The second-order valence-electron chi connectivity index (χ2n) is 5.55. The van der Waals surface area contributed by atoms with E-state index in [1.54, 1.807) is 21.0 Å². The van der Waals surface area contributed by atoms with Crippen molar-refractivity contribution in [3.63, 3.8) is 0 Å². The highest BCUT2D eigenvalue weighted by Crippen LogP contribution is 2.28. The van der Waals surface area contributed by atoms with Crippen LogP contribution in [0.1, 0.15) is 26.3 Å². The summed E-state index contributed by atoms with van der Waals surface area (Å²) in [7, 11) is -1.49. The van der Waals surface area contributed by atoms with Crippen LogP contribution in [0.25, 0.3) is 0 Å². The minimum absolute atomic E-state index is 0.390. The molecule has 0 bridgehead atoms. The molecule has 1 N–H and O–H groups in total. The van der Waals surface area contributed by atoms with Gasteiger partial charge >= 0.3 is 0 Å². The number of benzene rings is 1. The summed E-state index contributed by atoms with van der Waals surface area (Å²) >= 11 is 0. The highest BCUT2D eigenvalue weighted by molar-refractivity contribution is 7.92. The Morgan fingerprint density at radius 1 is 1.24 bits per heavy atom. The first-order valence-corrected chi connectivity index (χ1v) is 8.80. The lowest BCUT2D eigenvalue weighted by atomic mass is 10.1. The summed E-state index contributed by atoms with van der Waals surface area (Å²) < 4.78 is 33.2. The molecule has 0 saturated carbocycles. The van der Waals surface area contributed by atoms with E-state index in [9.17, 15) is 8.42 Å². The standard InChI is InChI=1S/C15H25NO4S/c1-6-20-13-8-7-12(9-14(13)19-4)10-16-11-15(2,3)21(5,17)18/h7-9,16H,6,10-11H2,1-5H3. The zero-order valence-electron chi connectivity index (χ0n) is 13.4. The maximum Gasteiger partial charge on any atom is 0.161 e. The molecule has 0 aliphatic rings. The topological polar surface area (TPSA) is 64.6 Å². The Labute approximate surface area is 127 Å². The summed E-state index contributed by atoms with van der Waals surface area (Å²) in [6.07, 6.45) is 1.26. The fraction of sp³-hybridized carbons (Fsp3) is 0.600. The summed E-state index contributed by atoms with van der Waals surface area (Å²) in [5.41, 5.74) is 1.01. The van der Waals surface area contributed by atoms with Crippen LogP contribution in [0.2, 0.25) is 0 Å². The Morgan fingerprint density at radius 2 is 1.90 bits per heavy atom. The molecule has 1 aromatic carbocycles. The first-order valence-electron chi connectivity index (χ1n) is 6.91.